The molecule has 120 valence electrons. The molecule has 0 saturated carbocycles. The van der Waals surface area contributed by atoms with E-state index in [1.54, 1.807) is 6.92 Å². The topological polar surface area (TPSA) is 40.6 Å². The minimum absolute atomic E-state index is 0.152. The summed E-state index contributed by atoms with van der Waals surface area (Å²) in [5.74, 6) is 2.31. The maximum Gasteiger partial charge on any atom is 0.219 e. The van der Waals surface area contributed by atoms with Gasteiger partial charge in [-0.1, -0.05) is 13.8 Å². The van der Waals surface area contributed by atoms with Crippen LogP contribution in [0.25, 0.3) is 0 Å². The van der Waals surface area contributed by atoms with Gasteiger partial charge in [-0.15, -0.1) is 0 Å². The molecule has 4 nitrogen and oxygen atoms in total. The summed E-state index contributed by atoms with van der Waals surface area (Å²) in [4.78, 5) is 27.5. The number of rotatable bonds is 4. The third-order valence-corrected chi connectivity index (χ3v) is 5.31. The van der Waals surface area contributed by atoms with Crippen LogP contribution in [0.3, 0.4) is 0 Å². The van der Waals surface area contributed by atoms with Gasteiger partial charge >= 0.3 is 0 Å². The molecule has 2 fully saturated rings. The van der Waals surface area contributed by atoms with Crippen LogP contribution in [-0.4, -0.2) is 54.2 Å². The largest absolute Gasteiger partial charge is 0.343 e. The zero-order chi connectivity index (χ0) is 15.4. The number of hydrogen-bond donors (Lipinski definition) is 0. The normalized spacial score (nSPS) is 22.8. The molecule has 2 aliphatic rings. The van der Waals surface area contributed by atoms with Crippen molar-refractivity contribution >= 4 is 11.7 Å². The van der Waals surface area contributed by atoms with Crippen molar-refractivity contribution in [3.63, 3.8) is 0 Å². The molecule has 2 heterocycles. The first-order valence-electron chi connectivity index (χ1n) is 8.48. The van der Waals surface area contributed by atoms with Crippen molar-refractivity contribution in [2.24, 2.45) is 17.8 Å². The lowest BCUT2D eigenvalue weighted by atomic mass is 9.78. The molecule has 0 radical (unpaired) electrons. The third kappa shape index (κ3) is 4.53. The molecule has 2 saturated heterocycles. The quantitative estimate of drug-likeness (QED) is 0.798. The molecular formula is C17H30N2O2. The third-order valence-electron chi connectivity index (χ3n) is 5.31. The fourth-order valence-electron chi connectivity index (χ4n) is 3.67. The number of piperidine rings is 2. The molecule has 2 rings (SSSR count). The van der Waals surface area contributed by atoms with E-state index in [1.807, 2.05) is 18.7 Å². The van der Waals surface area contributed by atoms with Gasteiger partial charge in [0.1, 0.15) is 5.78 Å². The highest BCUT2D eigenvalue weighted by atomic mass is 16.2. The molecule has 0 unspecified atom stereocenters. The number of hydrogen-bond acceptors (Lipinski definition) is 3. The van der Waals surface area contributed by atoms with Crippen molar-refractivity contribution in [2.45, 2.75) is 46.5 Å². The Kier molecular flexibility index (Phi) is 5.80. The van der Waals surface area contributed by atoms with Crippen molar-refractivity contribution in [3.05, 3.63) is 0 Å². The number of amides is 1. The van der Waals surface area contributed by atoms with E-state index in [2.05, 4.69) is 4.90 Å². The lowest BCUT2D eigenvalue weighted by molar-refractivity contribution is -0.130. The van der Waals surface area contributed by atoms with Crippen LogP contribution in [0.4, 0.5) is 0 Å². The number of likely N-dealkylation sites (tertiary alicyclic amines) is 2. The minimum atomic E-state index is 0.152. The molecule has 0 N–H and O–H groups in total. The summed E-state index contributed by atoms with van der Waals surface area (Å²) in [5, 5.41) is 0. The second-order valence-electron chi connectivity index (χ2n) is 7.08. The predicted molar refractivity (Wildman–Crippen MR) is 84.0 cm³/mol. The van der Waals surface area contributed by atoms with E-state index < -0.39 is 0 Å². The maximum atomic E-state index is 11.8. The van der Waals surface area contributed by atoms with Crippen LogP contribution >= 0.6 is 0 Å². The minimum Gasteiger partial charge on any atom is -0.343 e. The molecule has 1 amide bonds. The second-order valence-corrected chi connectivity index (χ2v) is 7.08. The summed E-state index contributed by atoms with van der Waals surface area (Å²) in [6, 6.07) is 0. The highest BCUT2D eigenvalue weighted by Crippen LogP contribution is 2.32. The number of carbonyl (C=O) groups is 2. The number of ketones is 1. The first-order valence-corrected chi connectivity index (χ1v) is 8.48. The highest BCUT2D eigenvalue weighted by Gasteiger charge is 2.30. The van der Waals surface area contributed by atoms with Crippen molar-refractivity contribution in [1.29, 1.82) is 0 Å². The smallest absolute Gasteiger partial charge is 0.219 e. The Balaban J connectivity index is 1.72. The molecule has 21 heavy (non-hydrogen) atoms. The Bertz CT molecular complexity index is 365. The number of nitrogens with zero attached hydrogens (tertiary/aromatic N) is 2. The van der Waals surface area contributed by atoms with E-state index in [1.165, 1.54) is 12.8 Å². The Morgan fingerprint density at radius 1 is 0.952 bits per heavy atom. The van der Waals surface area contributed by atoms with Crippen LogP contribution in [0.5, 0.6) is 0 Å². The molecule has 0 spiro atoms. The van der Waals surface area contributed by atoms with Gasteiger partial charge in [-0.05, 0) is 50.6 Å². The zero-order valence-corrected chi connectivity index (χ0v) is 13.8. The van der Waals surface area contributed by atoms with Gasteiger partial charge < -0.3 is 4.90 Å². The maximum absolute atomic E-state index is 11.8. The summed E-state index contributed by atoms with van der Waals surface area (Å²) in [6.45, 7) is 10.3. The standard InChI is InChI=1S/C17H30N2O2/c1-13(2)17(21)12-18-8-4-15(5-9-18)16-6-10-19(11-7-16)14(3)20/h13,15-16H,4-12H2,1-3H3. The van der Waals surface area contributed by atoms with Crippen LogP contribution in [0.1, 0.15) is 46.5 Å². The Labute approximate surface area is 128 Å². The van der Waals surface area contributed by atoms with Gasteiger partial charge in [-0.3, -0.25) is 14.5 Å². The first-order chi connectivity index (χ1) is 9.97. The summed E-state index contributed by atoms with van der Waals surface area (Å²) in [5.41, 5.74) is 0. The zero-order valence-electron chi connectivity index (χ0n) is 13.8. The monoisotopic (exact) mass is 294 g/mol. The van der Waals surface area contributed by atoms with E-state index in [0.717, 1.165) is 50.9 Å². The van der Waals surface area contributed by atoms with Crippen LogP contribution in [-0.2, 0) is 9.59 Å². The molecule has 0 bridgehead atoms. The highest BCUT2D eigenvalue weighted by molar-refractivity contribution is 5.82. The molecule has 0 aromatic rings. The Hall–Kier alpha value is -0.900. The van der Waals surface area contributed by atoms with Crippen molar-refractivity contribution < 1.29 is 9.59 Å². The molecule has 0 atom stereocenters. The van der Waals surface area contributed by atoms with Crippen LogP contribution < -0.4 is 0 Å². The van der Waals surface area contributed by atoms with Crippen LogP contribution in [0.15, 0.2) is 0 Å². The molecule has 0 aliphatic carbocycles. The summed E-state index contributed by atoms with van der Waals surface area (Å²) in [6.07, 6.45) is 4.76. The fourth-order valence-corrected chi connectivity index (χ4v) is 3.67. The van der Waals surface area contributed by atoms with Gasteiger partial charge in [0, 0.05) is 25.9 Å². The van der Waals surface area contributed by atoms with Crippen molar-refractivity contribution in [1.82, 2.24) is 9.80 Å². The van der Waals surface area contributed by atoms with E-state index in [4.69, 9.17) is 0 Å². The molecule has 0 aromatic carbocycles. The Morgan fingerprint density at radius 3 is 1.86 bits per heavy atom. The van der Waals surface area contributed by atoms with E-state index >= 15 is 0 Å². The summed E-state index contributed by atoms with van der Waals surface area (Å²) in [7, 11) is 0. The summed E-state index contributed by atoms with van der Waals surface area (Å²) >= 11 is 0. The van der Waals surface area contributed by atoms with Gasteiger partial charge in [-0.2, -0.15) is 0 Å². The average Bonchev–Trinajstić information content (AvgIpc) is 2.48. The predicted octanol–water partition coefficient (Wildman–Crippen LogP) is 2.18. The van der Waals surface area contributed by atoms with E-state index in [0.29, 0.717) is 12.3 Å². The van der Waals surface area contributed by atoms with Crippen LogP contribution in [0.2, 0.25) is 0 Å². The van der Waals surface area contributed by atoms with Gasteiger partial charge in [0.05, 0.1) is 6.54 Å². The second kappa shape index (κ2) is 7.39. The SMILES string of the molecule is CC(=O)N1CCC(C2CCN(CC(=O)C(C)C)CC2)CC1. The van der Waals surface area contributed by atoms with Gasteiger partial charge in [0.25, 0.3) is 0 Å². The van der Waals surface area contributed by atoms with Gasteiger partial charge in [-0.25, -0.2) is 0 Å². The number of carbonyl (C=O) groups excluding carboxylic acids is 2. The molecule has 0 aromatic heterocycles. The fraction of sp³-hybridized carbons (Fsp3) is 0.882. The van der Waals surface area contributed by atoms with Crippen molar-refractivity contribution in [3.8, 4) is 0 Å². The van der Waals surface area contributed by atoms with E-state index in [9.17, 15) is 9.59 Å². The van der Waals surface area contributed by atoms with Gasteiger partial charge in [0.15, 0.2) is 0 Å². The molecular weight excluding hydrogens is 264 g/mol. The lowest BCUT2D eigenvalue weighted by Crippen LogP contribution is -2.43. The average molecular weight is 294 g/mol. The summed E-state index contributed by atoms with van der Waals surface area (Å²) < 4.78 is 0. The van der Waals surface area contributed by atoms with E-state index in [-0.39, 0.29) is 11.8 Å². The first kappa shape index (κ1) is 16.5. The number of Topliss-reactive ketones (excluding diaryl/α,β-unsaturated/α-hetero) is 1. The lowest BCUT2D eigenvalue weighted by Gasteiger charge is -2.40. The van der Waals surface area contributed by atoms with Crippen LogP contribution in [0, 0.1) is 17.8 Å². The van der Waals surface area contributed by atoms with Gasteiger partial charge in [0.2, 0.25) is 5.91 Å². The Morgan fingerprint density at radius 2 is 1.43 bits per heavy atom. The molecule has 2 aliphatic heterocycles. The van der Waals surface area contributed by atoms with Crippen molar-refractivity contribution in [2.75, 3.05) is 32.7 Å². The molecule has 4 heteroatoms.